The molecule has 1 unspecified atom stereocenters. The lowest BCUT2D eigenvalue weighted by Crippen LogP contribution is -2.24. The predicted molar refractivity (Wildman–Crippen MR) is 100.0 cm³/mol. The molecule has 1 N–H and O–H groups in total. The molecule has 0 aliphatic heterocycles. The van der Waals surface area contributed by atoms with Crippen LogP contribution in [0.15, 0.2) is 42.5 Å². The first-order valence-corrected chi connectivity index (χ1v) is 8.87. The van der Waals surface area contributed by atoms with Crippen LogP contribution in [0.3, 0.4) is 0 Å². The van der Waals surface area contributed by atoms with E-state index in [0.29, 0.717) is 24.3 Å². The maximum absolute atomic E-state index is 6.18. The lowest BCUT2D eigenvalue weighted by atomic mass is 10.1. The van der Waals surface area contributed by atoms with E-state index in [9.17, 15) is 0 Å². The van der Waals surface area contributed by atoms with Gasteiger partial charge in [0.1, 0.15) is 6.61 Å². The SMILES string of the molecule is CCOc1cc(CNC(C)CC)ccc1OCc1ccccc1Cl. The Morgan fingerprint density at radius 2 is 1.83 bits per heavy atom. The summed E-state index contributed by atoms with van der Waals surface area (Å²) < 4.78 is 11.7. The quantitative estimate of drug-likeness (QED) is 0.675. The van der Waals surface area contributed by atoms with E-state index in [4.69, 9.17) is 21.1 Å². The molecule has 1 atom stereocenters. The molecule has 0 amide bonds. The average molecular weight is 348 g/mol. The van der Waals surface area contributed by atoms with Gasteiger partial charge in [0, 0.05) is 23.2 Å². The Hall–Kier alpha value is -1.71. The third-order valence-corrected chi connectivity index (χ3v) is 4.28. The molecule has 0 fully saturated rings. The molecule has 0 aromatic heterocycles. The van der Waals surface area contributed by atoms with Gasteiger partial charge in [-0.1, -0.05) is 42.8 Å². The molecule has 2 aromatic rings. The van der Waals surface area contributed by atoms with E-state index in [1.165, 1.54) is 5.56 Å². The zero-order valence-electron chi connectivity index (χ0n) is 14.6. The standard InChI is InChI=1S/C20H26ClNO2/c1-4-15(3)22-13-16-10-11-19(20(12-16)23-5-2)24-14-17-8-6-7-9-18(17)21/h6-12,15,22H,4-5,13-14H2,1-3H3. The zero-order valence-corrected chi connectivity index (χ0v) is 15.4. The minimum absolute atomic E-state index is 0.421. The number of rotatable bonds is 9. The van der Waals surface area contributed by atoms with E-state index >= 15 is 0 Å². The first-order valence-electron chi connectivity index (χ1n) is 8.49. The Morgan fingerprint density at radius 1 is 1.04 bits per heavy atom. The van der Waals surface area contributed by atoms with Crippen LogP contribution in [0.4, 0.5) is 0 Å². The molecule has 0 radical (unpaired) electrons. The summed E-state index contributed by atoms with van der Waals surface area (Å²) in [5.74, 6) is 1.51. The summed E-state index contributed by atoms with van der Waals surface area (Å²) in [4.78, 5) is 0. The van der Waals surface area contributed by atoms with Crippen molar-refractivity contribution in [3.63, 3.8) is 0 Å². The van der Waals surface area contributed by atoms with E-state index in [1.807, 2.05) is 43.3 Å². The minimum atomic E-state index is 0.421. The zero-order chi connectivity index (χ0) is 17.4. The second-order valence-electron chi connectivity index (χ2n) is 5.78. The van der Waals surface area contributed by atoms with Gasteiger partial charge in [-0.05, 0) is 44.0 Å². The molecule has 0 aliphatic carbocycles. The Morgan fingerprint density at radius 3 is 2.54 bits per heavy atom. The fraction of sp³-hybridized carbons (Fsp3) is 0.400. The molecule has 0 aliphatic rings. The number of halogens is 1. The maximum Gasteiger partial charge on any atom is 0.161 e. The van der Waals surface area contributed by atoms with Gasteiger partial charge in [0.05, 0.1) is 6.61 Å². The second kappa shape index (κ2) is 9.55. The van der Waals surface area contributed by atoms with Crippen molar-refractivity contribution in [2.24, 2.45) is 0 Å². The summed E-state index contributed by atoms with van der Waals surface area (Å²) in [6.07, 6.45) is 1.11. The summed E-state index contributed by atoms with van der Waals surface area (Å²) in [6.45, 7) is 8.18. The van der Waals surface area contributed by atoms with Crippen LogP contribution >= 0.6 is 11.6 Å². The highest BCUT2D eigenvalue weighted by molar-refractivity contribution is 6.31. The summed E-state index contributed by atoms with van der Waals surface area (Å²) in [5, 5.41) is 4.20. The highest BCUT2D eigenvalue weighted by atomic mass is 35.5. The second-order valence-corrected chi connectivity index (χ2v) is 6.19. The van der Waals surface area contributed by atoms with Gasteiger partial charge >= 0.3 is 0 Å². The molecule has 0 bridgehead atoms. The maximum atomic E-state index is 6.18. The smallest absolute Gasteiger partial charge is 0.161 e. The first kappa shape index (κ1) is 18.6. The molecular weight excluding hydrogens is 322 g/mol. The fourth-order valence-corrected chi connectivity index (χ4v) is 2.45. The topological polar surface area (TPSA) is 30.5 Å². The fourth-order valence-electron chi connectivity index (χ4n) is 2.26. The van der Waals surface area contributed by atoms with Crippen molar-refractivity contribution in [3.8, 4) is 11.5 Å². The number of nitrogens with one attached hydrogen (secondary N) is 1. The first-order chi connectivity index (χ1) is 11.6. The minimum Gasteiger partial charge on any atom is -0.490 e. The van der Waals surface area contributed by atoms with Crippen molar-refractivity contribution in [1.82, 2.24) is 5.32 Å². The van der Waals surface area contributed by atoms with Gasteiger partial charge in [0.15, 0.2) is 11.5 Å². The molecule has 0 saturated heterocycles. The van der Waals surface area contributed by atoms with Crippen molar-refractivity contribution in [3.05, 3.63) is 58.6 Å². The lowest BCUT2D eigenvalue weighted by Gasteiger charge is -2.15. The molecule has 3 nitrogen and oxygen atoms in total. The number of benzene rings is 2. The Labute approximate surface area is 149 Å². The van der Waals surface area contributed by atoms with Crippen LogP contribution in [0, 0.1) is 0 Å². The van der Waals surface area contributed by atoms with E-state index < -0.39 is 0 Å². The molecule has 2 aromatic carbocycles. The Balaban J connectivity index is 2.07. The predicted octanol–water partition coefficient (Wildman–Crippen LogP) is 5.21. The summed E-state index contributed by atoms with van der Waals surface area (Å²) in [5.41, 5.74) is 2.15. The van der Waals surface area contributed by atoms with Gasteiger partial charge in [0.2, 0.25) is 0 Å². The number of hydrogen-bond donors (Lipinski definition) is 1. The normalized spacial score (nSPS) is 12.0. The highest BCUT2D eigenvalue weighted by Crippen LogP contribution is 2.30. The summed E-state index contributed by atoms with van der Waals surface area (Å²) in [7, 11) is 0. The largest absolute Gasteiger partial charge is 0.490 e. The molecule has 0 saturated carbocycles. The van der Waals surface area contributed by atoms with E-state index in [0.717, 1.165) is 30.0 Å². The van der Waals surface area contributed by atoms with E-state index in [2.05, 4.69) is 25.2 Å². The third kappa shape index (κ3) is 5.43. The molecule has 0 spiro atoms. The summed E-state index contributed by atoms with van der Waals surface area (Å²) in [6, 6.07) is 14.3. The van der Waals surface area contributed by atoms with Crippen LogP contribution in [0.2, 0.25) is 5.02 Å². The molecular formula is C20H26ClNO2. The molecule has 4 heteroatoms. The van der Waals surface area contributed by atoms with E-state index in [-0.39, 0.29) is 0 Å². The summed E-state index contributed by atoms with van der Waals surface area (Å²) >= 11 is 6.18. The monoisotopic (exact) mass is 347 g/mol. The Kier molecular flexibility index (Phi) is 7.41. The van der Waals surface area contributed by atoms with Gasteiger partial charge < -0.3 is 14.8 Å². The van der Waals surface area contributed by atoms with E-state index in [1.54, 1.807) is 0 Å². The van der Waals surface area contributed by atoms with Gasteiger partial charge in [-0.3, -0.25) is 0 Å². The lowest BCUT2D eigenvalue weighted by molar-refractivity contribution is 0.269. The Bertz CT molecular complexity index is 645. The van der Waals surface area contributed by atoms with Crippen molar-refractivity contribution in [2.45, 2.75) is 46.4 Å². The van der Waals surface area contributed by atoms with Crippen molar-refractivity contribution in [2.75, 3.05) is 6.61 Å². The molecule has 130 valence electrons. The van der Waals surface area contributed by atoms with Gasteiger partial charge in [-0.2, -0.15) is 0 Å². The van der Waals surface area contributed by atoms with Crippen molar-refractivity contribution >= 4 is 11.6 Å². The molecule has 24 heavy (non-hydrogen) atoms. The van der Waals surface area contributed by atoms with Gasteiger partial charge in [-0.15, -0.1) is 0 Å². The molecule has 0 heterocycles. The molecule has 2 rings (SSSR count). The highest BCUT2D eigenvalue weighted by Gasteiger charge is 2.09. The number of hydrogen-bond acceptors (Lipinski definition) is 3. The van der Waals surface area contributed by atoms with Crippen LogP contribution in [-0.2, 0) is 13.2 Å². The van der Waals surface area contributed by atoms with Gasteiger partial charge in [0.25, 0.3) is 0 Å². The van der Waals surface area contributed by atoms with Crippen molar-refractivity contribution < 1.29 is 9.47 Å². The van der Waals surface area contributed by atoms with Crippen molar-refractivity contribution in [1.29, 1.82) is 0 Å². The van der Waals surface area contributed by atoms with Crippen LogP contribution < -0.4 is 14.8 Å². The van der Waals surface area contributed by atoms with Crippen LogP contribution in [0.25, 0.3) is 0 Å². The van der Waals surface area contributed by atoms with Crippen LogP contribution in [0.1, 0.15) is 38.3 Å². The van der Waals surface area contributed by atoms with Gasteiger partial charge in [-0.25, -0.2) is 0 Å². The average Bonchev–Trinajstić information content (AvgIpc) is 2.60. The van der Waals surface area contributed by atoms with Crippen LogP contribution in [-0.4, -0.2) is 12.6 Å². The number of ether oxygens (including phenoxy) is 2. The van der Waals surface area contributed by atoms with Crippen LogP contribution in [0.5, 0.6) is 11.5 Å². The third-order valence-electron chi connectivity index (χ3n) is 3.92.